The smallest absolute Gasteiger partial charge is 0.330 e. The van der Waals surface area contributed by atoms with Crippen LogP contribution in [0.3, 0.4) is 0 Å². The summed E-state index contributed by atoms with van der Waals surface area (Å²) >= 11 is 0. The first-order chi connectivity index (χ1) is 14.5. The van der Waals surface area contributed by atoms with Gasteiger partial charge in [0, 0.05) is 44.3 Å². The molecule has 1 fully saturated rings. The molecule has 0 saturated carbocycles. The number of likely N-dealkylation sites (tertiary alicyclic amines) is 1. The van der Waals surface area contributed by atoms with E-state index in [-0.39, 0.29) is 17.6 Å². The molecule has 30 heavy (non-hydrogen) atoms. The summed E-state index contributed by atoms with van der Waals surface area (Å²) in [6.07, 6.45) is 5.86. The van der Waals surface area contributed by atoms with E-state index in [2.05, 4.69) is 15.2 Å². The van der Waals surface area contributed by atoms with Crippen LogP contribution in [-0.4, -0.2) is 53.0 Å². The second-order valence-electron chi connectivity index (χ2n) is 7.52. The molecule has 10 heteroatoms. The van der Waals surface area contributed by atoms with Gasteiger partial charge in [0.1, 0.15) is 5.76 Å². The normalized spacial score (nSPS) is 16.6. The van der Waals surface area contributed by atoms with Crippen LogP contribution in [-0.2, 0) is 13.6 Å². The summed E-state index contributed by atoms with van der Waals surface area (Å²) < 4.78 is 10.3. The van der Waals surface area contributed by atoms with E-state index in [0.717, 1.165) is 11.1 Å². The number of hydrogen-bond acceptors (Lipinski definition) is 6. The second-order valence-corrected chi connectivity index (χ2v) is 7.52. The van der Waals surface area contributed by atoms with Gasteiger partial charge in [0.2, 0.25) is 0 Å². The summed E-state index contributed by atoms with van der Waals surface area (Å²) in [5.41, 5.74) is 2.31. The predicted octanol–water partition coefficient (Wildman–Crippen LogP) is 1.36. The van der Waals surface area contributed by atoms with E-state index < -0.39 is 0 Å². The van der Waals surface area contributed by atoms with Crippen LogP contribution in [0.25, 0.3) is 11.2 Å². The molecule has 0 spiro atoms. The molecule has 1 aliphatic rings. The van der Waals surface area contributed by atoms with Crippen molar-refractivity contribution in [2.45, 2.75) is 25.9 Å². The Morgan fingerprint density at radius 2 is 2.17 bits per heavy atom. The highest BCUT2D eigenvalue weighted by molar-refractivity contribution is 5.94. The van der Waals surface area contributed by atoms with Gasteiger partial charge in [0.15, 0.2) is 11.3 Å². The lowest BCUT2D eigenvalue weighted by molar-refractivity contribution is 0.0776. The van der Waals surface area contributed by atoms with Gasteiger partial charge < -0.3 is 9.42 Å². The highest BCUT2D eigenvalue weighted by Gasteiger charge is 2.33. The van der Waals surface area contributed by atoms with Gasteiger partial charge in [0.25, 0.3) is 5.91 Å². The molecule has 4 aromatic heterocycles. The zero-order chi connectivity index (χ0) is 20.8. The Balaban J connectivity index is 1.42. The van der Waals surface area contributed by atoms with Gasteiger partial charge >= 0.3 is 5.69 Å². The number of aromatic nitrogens is 6. The lowest BCUT2D eigenvalue weighted by Gasteiger charge is -2.16. The summed E-state index contributed by atoms with van der Waals surface area (Å²) in [7, 11) is 1.74. The Morgan fingerprint density at radius 1 is 1.30 bits per heavy atom. The quantitative estimate of drug-likeness (QED) is 0.506. The van der Waals surface area contributed by atoms with Gasteiger partial charge in [-0.05, 0) is 31.5 Å². The molecular formula is C20H21N7O3. The molecule has 0 N–H and O–H groups in total. The van der Waals surface area contributed by atoms with Crippen LogP contribution in [0, 0.1) is 6.92 Å². The standard InChI is InChI=1S/C20H21N7O3/c1-13-15(12-26-9-4-8-22-26)17(23-30-13)19(28)25-10-6-14(11-25)27-18-16(5-3-7-21-18)24(2)20(27)29/h3-5,7-9,14H,6,10-12H2,1-2H3/t14-/m1/s1. The number of rotatable bonds is 4. The first kappa shape index (κ1) is 18.3. The van der Waals surface area contributed by atoms with Crippen LogP contribution in [0.5, 0.6) is 0 Å². The number of imidazole rings is 1. The SMILES string of the molecule is Cc1onc(C(=O)N2CC[C@@H](n3c(=O)n(C)c4cccnc43)C2)c1Cn1cccn1. The van der Waals surface area contributed by atoms with E-state index in [1.54, 1.807) is 45.1 Å². The Kier molecular flexibility index (Phi) is 4.27. The van der Waals surface area contributed by atoms with Crippen molar-refractivity contribution in [2.24, 2.45) is 7.05 Å². The first-order valence-electron chi connectivity index (χ1n) is 9.78. The zero-order valence-corrected chi connectivity index (χ0v) is 16.7. The molecule has 1 amide bonds. The predicted molar refractivity (Wildman–Crippen MR) is 107 cm³/mol. The van der Waals surface area contributed by atoms with Gasteiger partial charge in [-0.3, -0.25) is 18.6 Å². The third-order valence-electron chi connectivity index (χ3n) is 5.73. The number of nitrogens with zero attached hydrogens (tertiary/aromatic N) is 7. The maximum atomic E-state index is 13.2. The highest BCUT2D eigenvalue weighted by Crippen LogP contribution is 2.26. The van der Waals surface area contributed by atoms with Gasteiger partial charge in [-0.2, -0.15) is 5.10 Å². The molecule has 10 nitrogen and oxygen atoms in total. The fraction of sp³-hybridized carbons (Fsp3) is 0.350. The lowest BCUT2D eigenvalue weighted by Crippen LogP contribution is -2.32. The summed E-state index contributed by atoms with van der Waals surface area (Å²) in [6, 6.07) is 5.37. The Hall–Kier alpha value is -3.69. The number of carbonyl (C=O) groups excluding carboxylic acids is 1. The van der Waals surface area contributed by atoms with E-state index in [1.165, 1.54) is 0 Å². The van der Waals surface area contributed by atoms with Crippen molar-refractivity contribution >= 4 is 17.1 Å². The molecule has 0 bridgehead atoms. The lowest BCUT2D eigenvalue weighted by atomic mass is 10.1. The second kappa shape index (κ2) is 6.97. The molecule has 5 heterocycles. The third kappa shape index (κ3) is 2.83. The molecule has 1 aliphatic heterocycles. The van der Waals surface area contributed by atoms with Gasteiger partial charge in [0.05, 0.1) is 18.1 Å². The summed E-state index contributed by atoms with van der Waals surface area (Å²) in [6.45, 7) is 3.15. The monoisotopic (exact) mass is 407 g/mol. The van der Waals surface area contributed by atoms with Crippen molar-refractivity contribution in [3.8, 4) is 0 Å². The van der Waals surface area contributed by atoms with Crippen molar-refractivity contribution in [3.05, 3.63) is 64.3 Å². The van der Waals surface area contributed by atoms with E-state index >= 15 is 0 Å². The van der Waals surface area contributed by atoms with Crippen molar-refractivity contribution in [2.75, 3.05) is 13.1 Å². The molecule has 154 valence electrons. The topological polar surface area (TPSA) is 104 Å². The number of hydrogen-bond donors (Lipinski definition) is 0. The van der Waals surface area contributed by atoms with Crippen molar-refractivity contribution in [3.63, 3.8) is 0 Å². The van der Waals surface area contributed by atoms with Gasteiger partial charge in [-0.15, -0.1) is 0 Å². The number of fused-ring (bicyclic) bond motifs is 1. The minimum Gasteiger partial charge on any atom is -0.361 e. The van der Waals surface area contributed by atoms with E-state index in [0.29, 0.717) is 43.2 Å². The van der Waals surface area contributed by atoms with Crippen molar-refractivity contribution < 1.29 is 9.32 Å². The van der Waals surface area contributed by atoms with Gasteiger partial charge in [-0.1, -0.05) is 5.16 Å². The fourth-order valence-corrected chi connectivity index (χ4v) is 4.11. The minimum atomic E-state index is -0.197. The maximum absolute atomic E-state index is 13.2. The highest BCUT2D eigenvalue weighted by atomic mass is 16.5. The van der Waals surface area contributed by atoms with E-state index in [4.69, 9.17) is 4.52 Å². The van der Waals surface area contributed by atoms with Crippen LogP contribution in [0.15, 0.2) is 46.1 Å². The fourth-order valence-electron chi connectivity index (χ4n) is 4.11. The third-order valence-corrected chi connectivity index (χ3v) is 5.73. The van der Waals surface area contributed by atoms with Crippen LogP contribution in [0.1, 0.15) is 34.3 Å². The Labute approximate surface area is 171 Å². The Bertz CT molecular complexity index is 1280. The molecule has 4 aromatic rings. The summed E-state index contributed by atoms with van der Waals surface area (Å²) in [5, 5.41) is 8.22. The van der Waals surface area contributed by atoms with Crippen LogP contribution in [0.4, 0.5) is 0 Å². The van der Waals surface area contributed by atoms with Crippen molar-refractivity contribution in [1.82, 2.24) is 34.0 Å². The van der Waals surface area contributed by atoms with Crippen LogP contribution < -0.4 is 5.69 Å². The summed E-state index contributed by atoms with van der Waals surface area (Å²) in [5.74, 6) is 0.400. The number of aryl methyl sites for hydroxylation is 2. The van der Waals surface area contributed by atoms with E-state index in [1.807, 2.05) is 24.4 Å². The molecule has 5 rings (SSSR count). The molecule has 0 aromatic carbocycles. The van der Waals surface area contributed by atoms with Gasteiger partial charge in [-0.25, -0.2) is 9.78 Å². The van der Waals surface area contributed by atoms with Crippen LogP contribution >= 0.6 is 0 Å². The number of carbonyl (C=O) groups is 1. The Morgan fingerprint density at radius 3 is 2.97 bits per heavy atom. The molecule has 1 saturated heterocycles. The maximum Gasteiger partial charge on any atom is 0.330 e. The molecule has 1 atom stereocenters. The molecule has 0 aliphatic carbocycles. The molecular weight excluding hydrogens is 386 g/mol. The molecule has 0 radical (unpaired) electrons. The van der Waals surface area contributed by atoms with Crippen LogP contribution in [0.2, 0.25) is 0 Å². The zero-order valence-electron chi connectivity index (χ0n) is 16.7. The molecule has 0 unspecified atom stereocenters. The van der Waals surface area contributed by atoms with E-state index in [9.17, 15) is 9.59 Å². The summed E-state index contributed by atoms with van der Waals surface area (Å²) in [4.78, 5) is 32.1. The average molecular weight is 407 g/mol. The average Bonchev–Trinajstić information content (AvgIpc) is 3.53. The number of pyridine rings is 1. The van der Waals surface area contributed by atoms with Crippen molar-refractivity contribution in [1.29, 1.82) is 0 Å². The minimum absolute atomic E-state index is 0.125. The first-order valence-corrected chi connectivity index (χ1v) is 9.78. The number of amides is 1. The largest absolute Gasteiger partial charge is 0.361 e.